The lowest BCUT2D eigenvalue weighted by molar-refractivity contribution is -0.115. The summed E-state index contributed by atoms with van der Waals surface area (Å²) >= 11 is 0. The zero-order chi connectivity index (χ0) is 14.8. The van der Waals surface area contributed by atoms with Crippen molar-refractivity contribution in [3.8, 4) is 0 Å². The number of fused-ring (bicyclic) bond motifs is 4. The van der Waals surface area contributed by atoms with E-state index in [-0.39, 0.29) is 11.5 Å². The highest BCUT2D eigenvalue weighted by Crippen LogP contribution is 2.60. The lowest BCUT2D eigenvalue weighted by atomic mass is 9.56. The Bertz CT molecular complexity index is 556. The Kier molecular flexibility index (Phi) is 2.98. The van der Waals surface area contributed by atoms with Gasteiger partial charge in [0, 0.05) is 6.42 Å². The second kappa shape index (κ2) is 4.55. The average Bonchev–Trinajstić information content (AvgIpc) is 2.76. The van der Waals surface area contributed by atoms with Gasteiger partial charge in [0.25, 0.3) is 0 Å². The molecule has 2 saturated carbocycles. The van der Waals surface area contributed by atoms with Crippen LogP contribution in [0.25, 0.3) is 0 Å². The minimum atomic E-state index is -0.103. The van der Waals surface area contributed by atoms with Crippen molar-refractivity contribution in [2.75, 3.05) is 0 Å². The average molecular weight is 286 g/mol. The summed E-state index contributed by atoms with van der Waals surface area (Å²) in [5, 5.41) is 10.4. The van der Waals surface area contributed by atoms with E-state index in [2.05, 4.69) is 13.8 Å². The summed E-state index contributed by atoms with van der Waals surface area (Å²) in [6, 6.07) is 0. The number of rotatable bonds is 0. The topological polar surface area (TPSA) is 37.3 Å². The van der Waals surface area contributed by atoms with Crippen LogP contribution in [0.3, 0.4) is 0 Å². The highest BCUT2D eigenvalue weighted by atomic mass is 16.3. The molecule has 21 heavy (non-hydrogen) atoms. The molecule has 0 aromatic carbocycles. The van der Waals surface area contributed by atoms with Crippen molar-refractivity contribution in [3.63, 3.8) is 0 Å². The molecule has 5 unspecified atom stereocenters. The molecule has 5 atom stereocenters. The highest BCUT2D eigenvalue weighted by Gasteiger charge is 2.53. The normalized spacial score (nSPS) is 45.9. The second-order valence-electron chi connectivity index (χ2n) is 8.00. The van der Waals surface area contributed by atoms with E-state index in [1.54, 1.807) is 5.57 Å². The van der Waals surface area contributed by atoms with Gasteiger partial charge in [-0.2, -0.15) is 0 Å². The van der Waals surface area contributed by atoms with Crippen LogP contribution in [0.4, 0.5) is 0 Å². The third-order valence-electron chi connectivity index (χ3n) is 7.17. The van der Waals surface area contributed by atoms with E-state index < -0.39 is 0 Å². The fraction of sp³-hybridized carbons (Fsp3) is 0.737. The van der Waals surface area contributed by atoms with E-state index in [4.69, 9.17) is 0 Å². The van der Waals surface area contributed by atoms with Crippen molar-refractivity contribution in [3.05, 3.63) is 22.8 Å². The number of hydrogen-bond acceptors (Lipinski definition) is 2. The van der Waals surface area contributed by atoms with E-state index in [1.165, 1.54) is 24.0 Å². The van der Waals surface area contributed by atoms with Gasteiger partial charge in [0.1, 0.15) is 0 Å². The summed E-state index contributed by atoms with van der Waals surface area (Å²) in [5.41, 5.74) is 4.52. The maximum absolute atomic E-state index is 11.8. The van der Waals surface area contributed by atoms with Crippen molar-refractivity contribution in [1.82, 2.24) is 0 Å². The van der Waals surface area contributed by atoms with Crippen molar-refractivity contribution in [2.45, 2.75) is 64.9 Å². The van der Waals surface area contributed by atoms with Gasteiger partial charge in [-0.1, -0.05) is 12.5 Å². The molecule has 0 bridgehead atoms. The third-order valence-corrected chi connectivity index (χ3v) is 7.17. The fourth-order valence-corrected chi connectivity index (χ4v) is 5.85. The number of ketones is 1. The first-order valence-electron chi connectivity index (χ1n) is 8.63. The minimum absolute atomic E-state index is 0.103. The zero-order valence-corrected chi connectivity index (χ0v) is 13.2. The van der Waals surface area contributed by atoms with Crippen LogP contribution >= 0.6 is 0 Å². The molecule has 2 fully saturated rings. The summed E-state index contributed by atoms with van der Waals surface area (Å²) in [4.78, 5) is 11.8. The summed E-state index contributed by atoms with van der Waals surface area (Å²) in [6.45, 7) is 4.56. The summed E-state index contributed by atoms with van der Waals surface area (Å²) < 4.78 is 0. The number of aliphatic hydroxyl groups is 1. The lowest BCUT2D eigenvalue weighted by Crippen LogP contribution is -2.43. The molecule has 1 N–H and O–H groups in total. The van der Waals surface area contributed by atoms with Gasteiger partial charge < -0.3 is 5.11 Å². The Morgan fingerprint density at radius 2 is 2.05 bits per heavy atom. The molecule has 114 valence electrons. The van der Waals surface area contributed by atoms with Gasteiger partial charge in [-0.3, -0.25) is 4.79 Å². The van der Waals surface area contributed by atoms with Crippen LogP contribution in [0, 0.1) is 23.2 Å². The van der Waals surface area contributed by atoms with Crippen LogP contribution in [0.15, 0.2) is 22.8 Å². The first-order chi connectivity index (χ1) is 10.0. The quantitative estimate of drug-likeness (QED) is 0.735. The van der Waals surface area contributed by atoms with E-state index >= 15 is 0 Å². The van der Waals surface area contributed by atoms with Gasteiger partial charge in [0.2, 0.25) is 0 Å². The number of aliphatic hydroxyl groups excluding tert-OH is 1. The Morgan fingerprint density at radius 1 is 1.24 bits per heavy atom. The van der Waals surface area contributed by atoms with Gasteiger partial charge in [-0.25, -0.2) is 0 Å². The summed E-state index contributed by atoms with van der Waals surface area (Å²) in [5.74, 6) is 2.23. The maximum Gasteiger partial charge on any atom is 0.156 e. The second-order valence-corrected chi connectivity index (χ2v) is 8.00. The standard InChI is InChI=1S/C19H26O2/c1-11-14-7-8-19(2)17(5-6-18(19)21)16(14)9-12-3-4-13(20)10-15(11)12/h10,12,16-18,21H,3-9H2,1-2H3. The number of carbonyl (C=O) groups excluding carboxylic acids is 1. The fourth-order valence-electron chi connectivity index (χ4n) is 5.85. The van der Waals surface area contributed by atoms with Gasteiger partial charge >= 0.3 is 0 Å². The number of carbonyl (C=O) groups is 1. The predicted octanol–water partition coefficient (Wildman–Crippen LogP) is 3.80. The van der Waals surface area contributed by atoms with Crippen LogP contribution in [0.5, 0.6) is 0 Å². The molecule has 4 aliphatic rings. The molecule has 0 heterocycles. The first kappa shape index (κ1) is 13.8. The lowest BCUT2D eigenvalue weighted by Gasteiger charge is -2.49. The first-order valence-corrected chi connectivity index (χ1v) is 8.63. The van der Waals surface area contributed by atoms with Crippen molar-refractivity contribution in [2.24, 2.45) is 23.2 Å². The van der Waals surface area contributed by atoms with Crippen molar-refractivity contribution in [1.29, 1.82) is 0 Å². The van der Waals surface area contributed by atoms with Crippen LogP contribution in [-0.2, 0) is 4.79 Å². The van der Waals surface area contributed by atoms with Gasteiger partial charge in [-0.05, 0) is 85.8 Å². The van der Waals surface area contributed by atoms with Crippen LogP contribution in [0.1, 0.15) is 58.8 Å². The van der Waals surface area contributed by atoms with Gasteiger partial charge in [-0.15, -0.1) is 0 Å². The predicted molar refractivity (Wildman–Crippen MR) is 82.7 cm³/mol. The Balaban J connectivity index is 1.76. The van der Waals surface area contributed by atoms with Crippen LogP contribution < -0.4 is 0 Å². The molecule has 0 aliphatic heterocycles. The summed E-state index contributed by atoms with van der Waals surface area (Å²) in [7, 11) is 0. The Morgan fingerprint density at radius 3 is 2.86 bits per heavy atom. The minimum Gasteiger partial charge on any atom is -0.393 e. The molecule has 0 radical (unpaired) electrons. The number of allylic oxidation sites excluding steroid dienone is 4. The van der Waals surface area contributed by atoms with E-state index in [0.717, 1.165) is 32.1 Å². The van der Waals surface area contributed by atoms with E-state index in [0.29, 0.717) is 23.5 Å². The molecule has 0 aromatic rings. The molecule has 4 aliphatic carbocycles. The molecule has 0 spiro atoms. The maximum atomic E-state index is 11.8. The van der Waals surface area contributed by atoms with Crippen LogP contribution in [-0.4, -0.2) is 17.0 Å². The molecular formula is C19H26O2. The molecule has 2 heteroatoms. The summed E-state index contributed by atoms with van der Waals surface area (Å²) in [6.07, 6.45) is 9.23. The third kappa shape index (κ3) is 1.84. The Labute approximate surface area is 127 Å². The molecule has 2 nitrogen and oxygen atoms in total. The van der Waals surface area contributed by atoms with E-state index in [9.17, 15) is 9.90 Å². The molecular weight excluding hydrogens is 260 g/mol. The monoisotopic (exact) mass is 286 g/mol. The van der Waals surface area contributed by atoms with Crippen LogP contribution in [0.2, 0.25) is 0 Å². The molecule has 4 rings (SSSR count). The zero-order valence-electron chi connectivity index (χ0n) is 13.2. The molecule has 0 saturated heterocycles. The highest BCUT2D eigenvalue weighted by molar-refractivity contribution is 5.92. The van der Waals surface area contributed by atoms with Gasteiger partial charge in [0.15, 0.2) is 5.78 Å². The molecule has 0 amide bonds. The number of hydrogen-bond donors (Lipinski definition) is 1. The van der Waals surface area contributed by atoms with E-state index in [1.807, 2.05) is 6.08 Å². The van der Waals surface area contributed by atoms with Gasteiger partial charge in [0.05, 0.1) is 6.10 Å². The largest absolute Gasteiger partial charge is 0.393 e. The SMILES string of the molecule is CC1=C2CCC3(C)C(O)CCC3C2CC2CCC(=O)C=C12. The Hall–Kier alpha value is -0.890. The van der Waals surface area contributed by atoms with Crippen molar-refractivity contribution < 1.29 is 9.90 Å². The molecule has 0 aromatic heterocycles. The van der Waals surface area contributed by atoms with Crippen molar-refractivity contribution >= 4 is 5.78 Å². The smallest absolute Gasteiger partial charge is 0.156 e.